The van der Waals surface area contributed by atoms with E-state index in [2.05, 4.69) is 10.4 Å². The molecule has 1 fully saturated rings. The first kappa shape index (κ1) is 13.4. The number of hydrogen-bond donors (Lipinski definition) is 1. The lowest BCUT2D eigenvalue weighted by Crippen LogP contribution is -2.57. The standard InChI is InChI=1S/C12H18ClN3O2/c1-3-14-12(9-4-5-9,11(17)18-2)8-16-7-10(13)6-15-16/h6-7,9,14H,3-5,8H2,1-2H3. The number of carbonyl (C=O) groups excluding carboxylic acids is 1. The highest BCUT2D eigenvalue weighted by Crippen LogP contribution is 2.41. The summed E-state index contributed by atoms with van der Waals surface area (Å²) in [6.45, 7) is 3.14. The quantitative estimate of drug-likeness (QED) is 0.796. The van der Waals surface area contributed by atoms with E-state index in [1.807, 2.05) is 6.92 Å². The Bertz CT molecular complexity index is 431. The fourth-order valence-electron chi connectivity index (χ4n) is 2.39. The number of esters is 1. The van der Waals surface area contributed by atoms with E-state index >= 15 is 0 Å². The largest absolute Gasteiger partial charge is 0.468 e. The number of halogens is 1. The Morgan fingerprint density at radius 1 is 1.72 bits per heavy atom. The molecule has 1 unspecified atom stereocenters. The monoisotopic (exact) mass is 271 g/mol. The van der Waals surface area contributed by atoms with Crippen LogP contribution in [0.5, 0.6) is 0 Å². The minimum Gasteiger partial charge on any atom is -0.468 e. The molecule has 0 aromatic carbocycles. The molecule has 1 heterocycles. The van der Waals surface area contributed by atoms with Crippen LogP contribution in [-0.4, -0.2) is 34.9 Å². The van der Waals surface area contributed by atoms with Crippen LogP contribution in [0.2, 0.25) is 5.02 Å². The fourth-order valence-corrected chi connectivity index (χ4v) is 2.54. The summed E-state index contributed by atoms with van der Waals surface area (Å²) >= 11 is 5.86. The van der Waals surface area contributed by atoms with Crippen LogP contribution in [0.3, 0.4) is 0 Å². The molecule has 2 rings (SSSR count). The van der Waals surface area contributed by atoms with Crippen molar-refractivity contribution in [1.82, 2.24) is 15.1 Å². The number of nitrogens with one attached hydrogen (secondary N) is 1. The van der Waals surface area contributed by atoms with Crippen molar-refractivity contribution in [2.24, 2.45) is 5.92 Å². The van der Waals surface area contributed by atoms with Crippen molar-refractivity contribution < 1.29 is 9.53 Å². The topological polar surface area (TPSA) is 56.2 Å². The Balaban J connectivity index is 2.24. The summed E-state index contributed by atoms with van der Waals surface area (Å²) in [5, 5.41) is 8.01. The van der Waals surface area contributed by atoms with Gasteiger partial charge in [-0.25, -0.2) is 4.79 Å². The highest BCUT2D eigenvalue weighted by molar-refractivity contribution is 6.30. The Kier molecular flexibility index (Phi) is 3.92. The van der Waals surface area contributed by atoms with Crippen LogP contribution < -0.4 is 5.32 Å². The zero-order valence-corrected chi connectivity index (χ0v) is 11.4. The molecule has 100 valence electrons. The third kappa shape index (κ3) is 2.52. The molecule has 0 amide bonds. The molecule has 1 aromatic rings. The summed E-state index contributed by atoms with van der Waals surface area (Å²) in [6.07, 6.45) is 5.37. The Hall–Kier alpha value is -1.07. The van der Waals surface area contributed by atoms with E-state index in [1.54, 1.807) is 17.1 Å². The van der Waals surface area contributed by atoms with Crippen LogP contribution in [0.25, 0.3) is 0 Å². The van der Waals surface area contributed by atoms with Gasteiger partial charge in [0.1, 0.15) is 5.54 Å². The third-order valence-corrected chi connectivity index (χ3v) is 3.52. The van der Waals surface area contributed by atoms with E-state index in [4.69, 9.17) is 16.3 Å². The molecule has 0 spiro atoms. The molecule has 5 nitrogen and oxygen atoms in total. The molecule has 18 heavy (non-hydrogen) atoms. The molecule has 1 aliphatic carbocycles. The summed E-state index contributed by atoms with van der Waals surface area (Å²) in [7, 11) is 1.42. The van der Waals surface area contributed by atoms with Crippen molar-refractivity contribution in [3.05, 3.63) is 17.4 Å². The van der Waals surface area contributed by atoms with Crippen molar-refractivity contribution in [3.63, 3.8) is 0 Å². The maximum atomic E-state index is 12.2. The third-order valence-electron chi connectivity index (χ3n) is 3.33. The number of hydrogen-bond acceptors (Lipinski definition) is 4. The predicted octanol–water partition coefficient (Wildman–Crippen LogP) is 1.47. The van der Waals surface area contributed by atoms with E-state index < -0.39 is 5.54 Å². The number of ether oxygens (including phenoxy) is 1. The van der Waals surface area contributed by atoms with Crippen LogP contribution in [0, 0.1) is 5.92 Å². The average Bonchev–Trinajstić information content (AvgIpc) is 3.13. The van der Waals surface area contributed by atoms with Crippen LogP contribution >= 0.6 is 11.6 Å². The van der Waals surface area contributed by atoms with E-state index in [0.717, 1.165) is 12.8 Å². The molecule has 0 bridgehead atoms. The average molecular weight is 272 g/mol. The number of rotatable bonds is 6. The van der Waals surface area contributed by atoms with E-state index in [9.17, 15) is 4.79 Å². The van der Waals surface area contributed by atoms with Crippen molar-refractivity contribution in [3.8, 4) is 0 Å². The maximum Gasteiger partial charge on any atom is 0.328 e. The molecule has 0 saturated heterocycles. The summed E-state index contributed by atoms with van der Waals surface area (Å²) < 4.78 is 6.67. The molecule has 1 saturated carbocycles. The van der Waals surface area contributed by atoms with Gasteiger partial charge in [0.2, 0.25) is 0 Å². The normalized spacial score (nSPS) is 18.4. The van der Waals surface area contributed by atoms with Gasteiger partial charge in [0, 0.05) is 6.20 Å². The van der Waals surface area contributed by atoms with Crippen LogP contribution in [0.15, 0.2) is 12.4 Å². The molecule has 1 aliphatic rings. The Labute approximate surface area is 111 Å². The van der Waals surface area contributed by atoms with Crippen LogP contribution in [0.1, 0.15) is 19.8 Å². The smallest absolute Gasteiger partial charge is 0.328 e. The second-order valence-electron chi connectivity index (χ2n) is 4.62. The number of likely N-dealkylation sites (N-methyl/N-ethyl adjacent to an activating group) is 1. The first-order chi connectivity index (χ1) is 8.62. The van der Waals surface area contributed by atoms with Crippen molar-refractivity contribution in [2.75, 3.05) is 13.7 Å². The van der Waals surface area contributed by atoms with Gasteiger partial charge in [-0.1, -0.05) is 18.5 Å². The first-order valence-electron chi connectivity index (χ1n) is 6.13. The lowest BCUT2D eigenvalue weighted by atomic mass is 9.93. The van der Waals surface area contributed by atoms with Crippen molar-refractivity contribution >= 4 is 17.6 Å². The summed E-state index contributed by atoms with van der Waals surface area (Å²) in [6, 6.07) is 0. The van der Waals surface area contributed by atoms with Gasteiger partial charge in [-0.2, -0.15) is 5.10 Å². The van der Waals surface area contributed by atoms with Gasteiger partial charge >= 0.3 is 5.97 Å². The number of aromatic nitrogens is 2. The van der Waals surface area contributed by atoms with Gasteiger partial charge in [0.15, 0.2) is 0 Å². The zero-order chi connectivity index (χ0) is 13.2. The zero-order valence-electron chi connectivity index (χ0n) is 10.6. The van der Waals surface area contributed by atoms with Crippen molar-refractivity contribution in [2.45, 2.75) is 31.8 Å². The number of nitrogens with zero attached hydrogens (tertiary/aromatic N) is 2. The van der Waals surface area contributed by atoms with Crippen LogP contribution in [-0.2, 0) is 16.1 Å². The highest BCUT2D eigenvalue weighted by atomic mass is 35.5. The number of carbonyl (C=O) groups is 1. The highest BCUT2D eigenvalue weighted by Gasteiger charge is 2.51. The lowest BCUT2D eigenvalue weighted by molar-refractivity contribution is -0.150. The summed E-state index contributed by atoms with van der Waals surface area (Å²) in [5.41, 5.74) is -0.682. The molecular weight excluding hydrogens is 254 g/mol. The second kappa shape index (κ2) is 5.28. The molecule has 0 aliphatic heterocycles. The van der Waals surface area contributed by atoms with Gasteiger partial charge in [0.25, 0.3) is 0 Å². The van der Waals surface area contributed by atoms with Gasteiger partial charge in [0.05, 0.1) is 24.9 Å². The Morgan fingerprint density at radius 2 is 2.44 bits per heavy atom. The molecule has 0 radical (unpaired) electrons. The van der Waals surface area contributed by atoms with Gasteiger partial charge in [-0.05, 0) is 25.3 Å². The minimum absolute atomic E-state index is 0.224. The summed E-state index contributed by atoms with van der Waals surface area (Å²) in [5.74, 6) is 0.0892. The van der Waals surface area contributed by atoms with Crippen LogP contribution in [0.4, 0.5) is 0 Å². The molecule has 1 atom stereocenters. The van der Waals surface area contributed by atoms with E-state index in [-0.39, 0.29) is 5.97 Å². The predicted molar refractivity (Wildman–Crippen MR) is 68.4 cm³/mol. The lowest BCUT2D eigenvalue weighted by Gasteiger charge is -2.31. The van der Waals surface area contributed by atoms with Gasteiger partial charge < -0.3 is 10.1 Å². The molecule has 6 heteroatoms. The second-order valence-corrected chi connectivity index (χ2v) is 5.06. The molecular formula is C12H18ClN3O2. The van der Waals surface area contributed by atoms with Crippen molar-refractivity contribution in [1.29, 1.82) is 0 Å². The van der Waals surface area contributed by atoms with E-state index in [0.29, 0.717) is 24.0 Å². The fraction of sp³-hybridized carbons (Fsp3) is 0.667. The number of methoxy groups -OCH3 is 1. The first-order valence-corrected chi connectivity index (χ1v) is 6.51. The van der Waals surface area contributed by atoms with Gasteiger partial charge in [-0.15, -0.1) is 0 Å². The SMILES string of the molecule is CCNC(Cn1cc(Cl)cn1)(C(=O)OC)C1CC1. The maximum absolute atomic E-state index is 12.2. The van der Waals surface area contributed by atoms with E-state index in [1.165, 1.54) is 7.11 Å². The molecule has 1 N–H and O–H groups in total. The minimum atomic E-state index is -0.682. The Morgan fingerprint density at radius 3 is 2.89 bits per heavy atom. The molecule has 1 aromatic heterocycles. The summed E-state index contributed by atoms with van der Waals surface area (Å²) in [4.78, 5) is 12.2. The van der Waals surface area contributed by atoms with Gasteiger partial charge in [-0.3, -0.25) is 4.68 Å².